The lowest BCUT2D eigenvalue weighted by molar-refractivity contribution is 0.0525. The fourth-order valence-electron chi connectivity index (χ4n) is 4.19. The molecule has 0 aromatic carbocycles. The Morgan fingerprint density at radius 2 is 2.14 bits per heavy atom. The predicted molar refractivity (Wildman–Crippen MR) is 117 cm³/mol. The Bertz CT molecular complexity index is 752. The molecule has 0 spiro atoms. The zero-order valence-electron chi connectivity index (χ0n) is 17.4. The number of rotatable bonds is 5. The molecular weight excluding hydrogens is 394 g/mol. The third-order valence-corrected chi connectivity index (χ3v) is 6.78. The van der Waals surface area contributed by atoms with E-state index in [1.165, 1.54) is 0 Å². The molecule has 0 saturated carbocycles. The molecule has 156 valence electrons. The van der Waals surface area contributed by atoms with Crippen molar-refractivity contribution in [3.8, 4) is 0 Å². The molecule has 2 aliphatic rings. The first kappa shape index (κ1) is 21.5. The summed E-state index contributed by atoms with van der Waals surface area (Å²) in [4.78, 5) is 14.0. The second-order valence-electron chi connectivity index (χ2n) is 8.62. The van der Waals surface area contributed by atoms with Crippen molar-refractivity contribution in [2.75, 3.05) is 25.1 Å². The van der Waals surface area contributed by atoms with Crippen molar-refractivity contribution in [3.63, 3.8) is 0 Å². The van der Waals surface area contributed by atoms with Crippen molar-refractivity contribution in [1.82, 2.24) is 10.6 Å². The van der Waals surface area contributed by atoms with Crippen LogP contribution >= 0.6 is 23.6 Å². The van der Waals surface area contributed by atoms with Crippen molar-refractivity contribution >= 4 is 39.6 Å². The van der Waals surface area contributed by atoms with Crippen LogP contribution in [0.4, 0.5) is 5.00 Å². The van der Waals surface area contributed by atoms with E-state index >= 15 is 0 Å². The molecule has 1 atom stereocenters. The third-order valence-electron chi connectivity index (χ3n) is 5.07. The second kappa shape index (κ2) is 8.26. The van der Waals surface area contributed by atoms with Crippen molar-refractivity contribution in [2.45, 2.75) is 71.1 Å². The normalized spacial score (nSPS) is 22.4. The summed E-state index contributed by atoms with van der Waals surface area (Å²) in [7, 11) is 0. The summed E-state index contributed by atoms with van der Waals surface area (Å²) in [5.74, 6) is -0.294. The maximum absolute atomic E-state index is 12.8. The van der Waals surface area contributed by atoms with Crippen LogP contribution in [0.2, 0.25) is 0 Å². The van der Waals surface area contributed by atoms with Crippen LogP contribution in [0.15, 0.2) is 0 Å². The Labute approximate surface area is 176 Å². The van der Waals surface area contributed by atoms with Crippen LogP contribution in [-0.2, 0) is 21.4 Å². The predicted octanol–water partition coefficient (Wildman–Crippen LogP) is 3.55. The largest absolute Gasteiger partial charge is 0.462 e. The van der Waals surface area contributed by atoms with Gasteiger partial charge in [-0.05, 0) is 71.7 Å². The number of nitrogens with one attached hydrogen (secondary N) is 3. The fraction of sp³-hybridized carbons (Fsp3) is 0.700. The number of thiophene rings is 1. The van der Waals surface area contributed by atoms with E-state index in [0.717, 1.165) is 41.3 Å². The second-order valence-corrected chi connectivity index (χ2v) is 10.0. The van der Waals surface area contributed by atoms with Gasteiger partial charge in [-0.1, -0.05) is 0 Å². The first-order valence-electron chi connectivity index (χ1n) is 9.92. The molecule has 1 aromatic rings. The molecule has 0 aliphatic carbocycles. The Balaban J connectivity index is 1.86. The third kappa shape index (κ3) is 4.67. The minimum Gasteiger partial charge on any atom is -0.462 e. The van der Waals surface area contributed by atoms with Crippen molar-refractivity contribution < 1.29 is 14.3 Å². The molecule has 3 heterocycles. The van der Waals surface area contributed by atoms with Gasteiger partial charge in [0.25, 0.3) is 0 Å². The monoisotopic (exact) mass is 425 g/mol. The highest BCUT2D eigenvalue weighted by Crippen LogP contribution is 2.45. The summed E-state index contributed by atoms with van der Waals surface area (Å²) in [6.45, 7) is 12.3. The van der Waals surface area contributed by atoms with Crippen LogP contribution < -0.4 is 16.0 Å². The number of hydrogen-bond acceptors (Lipinski definition) is 6. The highest BCUT2D eigenvalue weighted by Gasteiger charge is 2.42. The summed E-state index contributed by atoms with van der Waals surface area (Å²) in [6.07, 6.45) is 3.10. The van der Waals surface area contributed by atoms with Gasteiger partial charge in [-0.25, -0.2) is 4.79 Å². The number of ether oxygens (including phenoxy) is 2. The van der Waals surface area contributed by atoms with Crippen molar-refractivity contribution in [3.05, 3.63) is 16.0 Å². The number of esters is 1. The molecule has 8 heteroatoms. The van der Waals surface area contributed by atoms with Crippen molar-refractivity contribution in [1.29, 1.82) is 0 Å². The fourth-order valence-corrected chi connectivity index (χ4v) is 5.71. The number of fused-ring (bicyclic) bond motifs is 1. The van der Waals surface area contributed by atoms with Crippen LogP contribution in [0.1, 0.15) is 68.3 Å². The maximum Gasteiger partial charge on any atom is 0.341 e. The van der Waals surface area contributed by atoms with Crippen LogP contribution in [0.25, 0.3) is 0 Å². The molecule has 0 radical (unpaired) electrons. The average molecular weight is 426 g/mol. The van der Waals surface area contributed by atoms with E-state index in [1.807, 2.05) is 6.92 Å². The number of anilines is 1. The minimum absolute atomic E-state index is 0.116. The summed E-state index contributed by atoms with van der Waals surface area (Å²) in [6, 6.07) is 0. The molecule has 1 saturated heterocycles. The zero-order chi connectivity index (χ0) is 20.5. The summed E-state index contributed by atoms with van der Waals surface area (Å²) >= 11 is 7.06. The highest BCUT2D eigenvalue weighted by atomic mass is 32.1. The Hall–Kier alpha value is -1.22. The first-order chi connectivity index (χ1) is 13.1. The van der Waals surface area contributed by atoms with Crippen molar-refractivity contribution in [2.24, 2.45) is 0 Å². The topological polar surface area (TPSA) is 71.6 Å². The minimum atomic E-state index is -0.294. The highest BCUT2D eigenvalue weighted by molar-refractivity contribution is 7.80. The number of carbonyl (C=O) groups is 1. The Morgan fingerprint density at radius 3 is 2.79 bits per heavy atom. The summed E-state index contributed by atoms with van der Waals surface area (Å²) in [5.41, 5.74) is 1.32. The summed E-state index contributed by atoms with van der Waals surface area (Å²) in [5, 5.41) is 11.4. The lowest BCUT2D eigenvalue weighted by Gasteiger charge is -2.42. The van der Waals surface area contributed by atoms with E-state index in [0.29, 0.717) is 23.8 Å². The summed E-state index contributed by atoms with van der Waals surface area (Å²) < 4.78 is 11.0. The van der Waals surface area contributed by atoms with Crippen LogP contribution in [0.3, 0.4) is 0 Å². The first-order valence-corrected chi connectivity index (χ1v) is 11.1. The standard InChI is InChI=1S/C20H31N3O3S2/c1-6-25-17(24)14-13-10-19(2,3)23-20(4,5)15(13)28-16(14)22-18(27)21-11-12-8-7-9-26-12/h12,23H,6-11H2,1-5H3,(H2,21,22,27)/t12-/m0/s1. The van der Waals surface area contributed by atoms with E-state index < -0.39 is 0 Å². The number of thiocarbonyl (C=S) groups is 1. The molecule has 0 unspecified atom stereocenters. The quantitative estimate of drug-likeness (QED) is 0.492. The van der Waals surface area contributed by atoms with Crippen LogP contribution in [0.5, 0.6) is 0 Å². The van der Waals surface area contributed by atoms with Crippen LogP contribution in [-0.4, -0.2) is 42.5 Å². The van der Waals surface area contributed by atoms with Gasteiger partial charge < -0.3 is 25.4 Å². The van der Waals surface area contributed by atoms with Gasteiger partial charge in [0.1, 0.15) is 5.00 Å². The van der Waals surface area contributed by atoms with E-state index in [1.54, 1.807) is 11.3 Å². The Morgan fingerprint density at radius 1 is 1.39 bits per heavy atom. The van der Waals surface area contributed by atoms with Gasteiger partial charge in [-0.2, -0.15) is 0 Å². The maximum atomic E-state index is 12.8. The molecule has 3 N–H and O–H groups in total. The van der Waals surface area contributed by atoms with Gasteiger partial charge in [0.05, 0.1) is 18.3 Å². The SMILES string of the molecule is CCOC(=O)c1c(NC(=S)NC[C@@H]2CCCO2)sc2c1CC(C)(C)NC2(C)C. The molecule has 0 amide bonds. The van der Waals surface area contributed by atoms with Gasteiger partial charge in [-0.3, -0.25) is 0 Å². The molecule has 0 bridgehead atoms. The number of carbonyl (C=O) groups excluding carboxylic acids is 1. The molecule has 1 aromatic heterocycles. The Kier molecular flexibility index (Phi) is 6.34. The van der Waals surface area contributed by atoms with Gasteiger partial charge >= 0.3 is 5.97 Å². The number of hydrogen-bond donors (Lipinski definition) is 3. The molecule has 2 aliphatic heterocycles. The van der Waals surface area contributed by atoms with E-state index in [-0.39, 0.29) is 23.2 Å². The van der Waals surface area contributed by atoms with E-state index in [2.05, 4.69) is 43.6 Å². The van der Waals surface area contributed by atoms with Gasteiger partial charge in [-0.15, -0.1) is 11.3 Å². The van der Waals surface area contributed by atoms with Gasteiger partial charge in [0.15, 0.2) is 5.11 Å². The van der Waals surface area contributed by atoms with Gasteiger partial charge in [0, 0.05) is 29.1 Å². The average Bonchev–Trinajstić information content (AvgIpc) is 3.19. The molecule has 6 nitrogen and oxygen atoms in total. The van der Waals surface area contributed by atoms with Crippen LogP contribution in [0, 0.1) is 0 Å². The zero-order valence-corrected chi connectivity index (χ0v) is 19.0. The van der Waals surface area contributed by atoms with Gasteiger partial charge in [0.2, 0.25) is 0 Å². The lowest BCUT2D eigenvalue weighted by atomic mass is 9.81. The molecule has 1 fully saturated rings. The lowest BCUT2D eigenvalue weighted by Crippen LogP contribution is -2.55. The van der Waals surface area contributed by atoms with E-state index in [9.17, 15) is 4.79 Å². The molecular formula is C20H31N3O3S2. The van der Waals surface area contributed by atoms with E-state index in [4.69, 9.17) is 21.7 Å². The smallest absolute Gasteiger partial charge is 0.341 e. The molecule has 3 rings (SSSR count). The molecule has 28 heavy (non-hydrogen) atoms.